The molecule has 2 nitrogen and oxygen atoms in total. The minimum atomic E-state index is 0.801. The molecular formula is C22H41NO. The maximum atomic E-state index is 5.91. The second-order valence-electron chi connectivity index (χ2n) is 8.61. The van der Waals surface area contributed by atoms with E-state index in [9.17, 15) is 0 Å². The Morgan fingerprint density at radius 3 is 1.92 bits per heavy atom. The van der Waals surface area contributed by atoms with E-state index in [-0.39, 0.29) is 0 Å². The molecule has 2 atom stereocenters. The molecular weight excluding hydrogens is 294 g/mol. The van der Waals surface area contributed by atoms with Crippen LogP contribution in [0.5, 0.6) is 0 Å². The Hall–Kier alpha value is -0.760. The molecule has 1 heterocycles. The molecule has 0 aliphatic heterocycles. The number of hydrogen-bond donors (Lipinski definition) is 0. The first-order chi connectivity index (χ1) is 11.4. The Bertz CT molecular complexity index is 421. The van der Waals surface area contributed by atoms with Crippen LogP contribution in [0.25, 0.3) is 0 Å². The normalized spacial score (nSPS) is 14.5. The standard InChI is InChI=1S/C22H41NO/c1-18(2)9-7-10-19(3)11-8-12-20(4)13-14-21-15-16-22(24-21)17-23(5)6/h15-16,18-20H,7-14,17H2,1-6H3. The van der Waals surface area contributed by atoms with Gasteiger partial charge in [0.25, 0.3) is 0 Å². The van der Waals surface area contributed by atoms with Crippen LogP contribution in [0.4, 0.5) is 0 Å². The SMILES string of the molecule is CC(C)CCCC(C)CCCC(C)CCc1ccc(CN(C)C)o1. The largest absolute Gasteiger partial charge is 0.465 e. The Kier molecular flexibility index (Phi) is 10.4. The highest BCUT2D eigenvalue weighted by molar-refractivity contribution is 5.07. The molecule has 0 fully saturated rings. The van der Waals surface area contributed by atoms with E-state index >= 15 is 0 Å². The summed E-state index contributed by atoms with van der Waals surface area (Å²) in [7, 11) is 4.15. The summed E-state index contributed by atoms with van der Waals surface area (Å²) >= 11 is 0. The van der Waals surface area contributed by atoms with Gasteiger partial charge >= 0.3 is 0 Å². The van der Waals surface area contributed by atoms with E-state index in [1.807, 2.05) is 0 Å². The molecule has 0 saturated carbocycles. The van der Waals surface area contributed by atoms with Crippen molar-refractivity contribution in [2.24, 2.45) is 17.8 Å². The van der Waals surface area contributed by atoms with E-state index in [0.29, 0.717) is 0 Å². The molecule has 0 saturated heterocycles. The second-order valence-corrected chi connectivity index (χ2v) is 8.61. The molecule has 1 aromatic rings. The molecule has 24 heavy (non-hydrogen) atoms. The Morgan fingerprint density at radius 2 is 1.33 bits per heavy atom. The summed E-state index contributed by atoms with van der Waals surface area (Å²) in [4.78, 5) is 2.15. The van der Waals surface area contributed by atoms with Gasteiger partial charge in [0.05, 0.1) is 6.54 Å². The summed E-state index contributed by atoms with van der Waals surface area (Å²) in [5, 5.41) is 0. The van der Waals surface area contributed by atoms with Gasteiger partial charge in [0.2, 0.25) is 0 Å². The van der Waals surface area contributed by atoms with Gasteiger partial charge in [0.15, 0.2) is 0 Å². The van der Waals surface area contributed by atoms with Crippen molar-refractivity contribution in [1.29, 1.82) is 0 Å². The summed E-state index contributed by atoms with van der Waals surface area (Å²) in [6.45, 7) is 10.4. The average Bonchev–Trinajstić information content (AvgIpc) is 2.91. The van der Waals surface area contributed by atoms with Crippen LogP contribution in [0.3, 0.4) is 0 Å². The lowest BCUT2D eigenvalue weighted by molar-refractivity contribution is 0.336. The van der Waals surface area contributed by atoms with Gasteiger partial charge in [-0.1, -0.05) is 66.2 Å². The summed E-state index contributed by atoms with van der Waals surface area (Å²) in [6.07, 6.45) is 10.7. The topological polar surface area (TPSA) is 16.4 Å². The average molecular weight is 336 g/mol. The maximum absolute atomic E-state index is 5.91. The smallest absolute Gasteiger partial charge is 0.118 e. The van der Waals surface area contributed by atoms with Crippen LogP contribution in [0.1, 0.15) is 84.2 Å². The zero-order valence-electron chi connectivity index (χ0n) is 17.1. The van der Waals surface area contributed by atoms with Crippen LogP contribution in [0, 0.1) is 17.8 Å². The molecule has 0 amide bonds. The first-order valence-corrected chi connectivity index (χ1v) is 10.1. The molecule has 0 aromatic carbocycles. The molecule has 2 unspecified atom stereocenters. The summed E-state index contributed by atoms with van der Waals surface area (Å²) in [5.74, 6) is 4.79. The number of aryl methyl sites for hydroxylation is 1. The van der Waals surface area contributed by atoms with Crippen molar-refractivity contribution in [3.8, 4) is 0 Å². The second kappa shape index (κ2) is 11.7. The van der Waals surface area contributed by atoms with Crippen molar-refractivity contribution >= 4 is 0 Å². The summed E-state index contributed by atoms with van der Waals surface area (Å²) < 4.78 is 5.91. The van der Waals surface area contributed by atoms with Gasteiger partial charge in [-0.05, 0) is 50.4 Å². The lowest BCUT2D eigenvalue weighted by Gasteiger charge is -2.14. The van der Waals surface area contributed by atoms with Crippen LogP contribution >= 0.6 is 0 Å². The van der Waals surface area contributed by atoms with Crippen LogP contribution in [-0.4, -0.2) is 19.0 Å². The van der Waals surface area contributed by atoms with Crippen molar-refractivity contribution < 1.29 is 4.42 Å². The molecule has 140 valence electrons. The van der Waals surface area contributed by atoms with Crippen molar-refractivity contribution in [2.75, 3.05) is 14.1 Å². The van der Waals surface area contributed by atoms with E-state index in [0.717, 1.165) is 42.2 Å². The van der Waals surface area contributed by atoms with Gasteiger partial charge in [-0.25, -0.2) is 0 Å². The highest BCUT2D eigenvalue weighted by Gasteiger charge is 2.09. The quantitative estimate of drug-likeness (QED) is 0.407. The van der Waals surface area contributed by atoms with Gasteiger partial charge in [0.1, 0.15) is 11.5 Å². The van der Waals surface area contributed by atoms with Crippen LogP contribution < -0.4 is 0 Å². The summed E-state index contributed by atoms with van der Waals surface area (Å²) in [5.41, 5.74) is 0. The number of rotatable bonds is 13. The predicted octanol–water partition coefficient (Wildman–Crippen LogP) is 6.54. The van der Waals surface area contributed by atoms with E-state index < -0.39 is 0 Å². The fourth-order valence-electron chi connectivity index (χ4n) is 3.32. The third-order valence-corrected chi connectivity index (χ3v) is 4.95. The van der Waals surface area contributed by atoms with Gasteiger partial charge in [-0.15, -0.1) is 0 Å². The zero-order chi connectivity index (χ0) is 17.9. The third kappa shape index (κ3) is 10.2. The van der Waals surface area contributed by atoms with Gasteiger partial charge in [-0.3, -0.25) is 0 Å². The van der Waals surface area contributed by atoms with Crippen molar-refractivity contribution in [3.63, 3.8) is 0 Å². The first kappa shape index (κ1) is 21.3. The molecule has 0 bridgehead atoms. The Balaban J connectivity index is 2.11. The lowest BCUT2D eigenvalue weighted by atomic mass is 9.92. The molecule has 0 aliphatic rings. The Labute approximate surface area is 151 Å². The fourth-order valence-corrected chi connectivity index (χ4v) is 3.32. The predicted molar refractivity (Wildman–Crippen MR) is 105 cm³/mol. The summed E-state index contributed by atoms with van der Waals surface area (Å²) in [6, 6.07) is 4.28. The highest BCUT2D eigenvalue weighted by Crippen LogP contribution is 2.21. The van der Waals surface area contributed by atoms with Gasteiger partial charge < -0.3 is 9.32 Å². The third-order valence-electron chi connectivity index (χ3n) is 4.95. The van der Waals surface area contributed by atoms with E-state index in [1.54, 1.807) is 0 Å². The first-order valence-electron chi connectivity index (χ1n) is 10.1. The van der Waals surface area contributed by atoms with Crippen LogP contribution in [-0.2, 0) is 13.0 Å². The molecule has 0 radical (unpaired) electrons. The molecule has 0 spiro atoms. The van der Waals surface area contributed by atoms with Crippen LogP contribution in [0.15, 0.2) is 16.5 Å². The lowest BCUT2D eigenvalue weighted by Crippen LogP contribution is -2.09. The minimum absolute atomic E-state index is 0.801. The van der Waals surface area contributed by atoms with Crippen molar-refractivity contribution in [2.45, 2.75) is 85.6 Å². The molecule has 1 rings (SSSR count). The van der Waals surface area contributed by atoms with E-state index in [1.165, 1.54) is 44.9 Å². The maximum Gasteiger partial charge on any atom is 0.118 e. The van der Waals surface area contributed by atoms with E-state index in [2.05, 4.69) is 58.8 Å². The monoisotopic (exact) mass is 335 g/mol. The van der Waals surface area contributed by atoms with Gasteiger partial charge in [-0.2, -0.15) is 0 Å². The molecule has 2 heteroatoms. The molecule has 1 aromatic heterocycles. The number of nitrogens with zero attached hydrogens (tertiary/aromatic N) is 1. The zero-order valence-corrected chi connectivity index (χ0v) is 17.1. The van der Waals surface area contributed by atoms with Crippen molar-refractivity contribution in [3.05, 3.63) is 23.7 Å². The molecule has 0 N–H and O–H groups in total. The van der Waals surface area contributed by atoms with Gasteiger partial charge in [0, 0.05) is 6.42 Å². The van der Waals surface area contributed by atoms with E-state index in [4.69, 9.17) is 4.42 Å². The number of furan rings is 1. The van der Waals surface area contributed by atoms with Crippen molar-refractivity contribution in [1.82, 2.24) is 4.90 Å². The highest BCUT2D eigenvalue weighted by atomic mass is 16.3. The fraction of sp³-hybridized carbons (Fsp3) is 0.818. The number of hydrogen-bond acceptors (Lipinski definition) is 2. The minimum Gasteiger partial charge on any atom is -0.465 e. The molecule has 0 aliphatic carbocycles. The Morgan fingerprint density at radius 1 is 0.792 bits per heavy atom. The van der Waals surface area contributed by atoms with Crippen LogP contribution in [0.2, 0.25) is 0 Å².